The van der Waals surface area contributed by atoms with E-state index in [1.807, 2.05) is 18.2 Å². The predicted molar refractivity (Wildman–Crippen MR) is 44.4 cm³/mol. The molecule has 57 valence electrons. The Kier molecular flexibility index (Phi) is 5.80. The van der Waals surface area contributed by atoms with Crippen molar-refractivity contribution >= 4 is 5.69 Å². The summed E-state index contributed by atoms with van der Waals surface area (Å²) in [6.07, 6.45) is 0.813. The molecule has 1 rings (SSSR count). The molecule has 2 heteroatoms. The summed E-state index contributed by atoms with van der Waals surface area (Å²) in [6, 6.07) is 8.05. The molecule has 0 heterocycles. The van der Waals surface area contributed by atoms with Crippen molar-refractivity contribution in [2.45, 2.75) is 6.42 Å². The van der Waals surface area contributed by atoms with Crippen LogP contribution in [0.15, 0.2) is 24.3 Å². The Bertz CT molecular complexity index is 187. The molecule has 11 heavy (non-hydrogen) atoms. The third-order valence-electron chi connectivity index (χ3n) is 1.50. The minimum absolute atomic E-state index is 0. The summed E-state index contributed by atoms with van der Waals surface area (Å²) in [6.45, 7) is 3.80. The number of benzene rings is 1. The van der Waals surface area contributed by atoms with Crippen LogP contribution in [0.1, 0.15) is 5.56 Å². The Morgan fingerprint density at radius 1 is 1.36 bits per heavy atom. The molecule has 0 spiro atoms. The number of hydrogen-bond donors (Lipinski definition) is 0. The van der Waals surface area contributed by atoms with Gasteiger partial charge in [-0.15, -0.1) is 12.7 Å². The number of hydrogen-bond acceptors (Lipinski definition) is 0. The number of para-hydroxylation sites is 1. The fourth-order valence-corrected chi connectivity index (χ4v) is 0.940. The van der Waals surface area contributed by atoms with Crippen molar-refractivity contribution in [1.82, 2.24) is 0 Å². The van der Waals surface area contributed by atoms with Crippen LogP contribution in [0.4, 0.5) is 5.69 Å². The first-order valence-electron chi connectivity index (χ1n) is 3.35. The van der Waals surface area contributed by atoms with E-state index in [0.717, 1.165) is 12.1 Å². The SMILES string of the molecule is [CH2-]Cc1ccccc1[N-]C.[Y]. The van der Waals surface area contributed by atoms with Gasteiger partial charge in [0.1, 0.15) is 0 Å². The van der Waals surface area contributed by atoms with E-state index in [1.165, 1.54) is 5.56 Å². The molecule has 0 saturated carbocycles. The number of nitrogens with zero attached hydrogens (tertiary/aromatic N) is 1. The van der Waals surface area contributed by atoms with Crippen molar-refractivity contribution in [3.8, 4) is 0 Å². The molecule has 1 aromatic rings. The zero-order valence-corrected chi connectivity index (χ0v) is 9.59. The second-order valence-electron chi connectivity index (χ2n) is 2.10. The molecule has 0 aromatic heterocycles. The molecular formula is C9H11NY-2. The van der Waals surface area contributed by atoms with Crippen LogP contribution >= 0.6 is 0 Å². The van der Waals surface area contributed by atoms with Gasteiger partial charge in [-0.1, -0.05) is 29.8 Å². The van der Waals surface area contributed by atoms with Crippen molar-refractivity contribution in [1.29, 1.82) is 0 Å². The second kappa shape index (κ2) is 5.73. The molecule has 0 aliphatic rings. The maximum absolute atomic E-state index is 4.10. The van der Waals surface area contributed by atoms with E-state index in [4.69, 9.17) is 0 Å². The van der Waals surface area contributed by atoms with Gasteiger partial charge in [-0.2, -0.15) is 6.42 Å². The van der Waals surface area contributed by atoms with Gasteiger partial charge < -0.3 is 12.2 Å². The Morgan fingerprint density at radius 3 is 2.45 bits per heavy atom. The first-order valence-corrected chi connectivity index (χ1v) is 3.35. The minimum atomic E-state index is 0. The third kappa shape index (κ3) is 2.92. The average molecular weight is 222 g/mol. The molecule has 0 bridgehead atoms. The van der Waals surface area contributed by atoms with Gasteiger partial charge in [0.2, 0.25) is 0 Å². The molecule has 0 fully saturated rings. The maximum atomic E-state index is 4.10. The van der Waals surface area contributed by atoms with Crippen molar-refractivity contribution in [2.24, 2.45) is 0 Å². The quantitative estimate of drug-likeness (QED) is 0.683. The van der Waals surface area contributed by atoms with E-state index in [1.54, 1.807) is 7.05 Å². The second-order valence-corrected chi connectivity index (χ2v) is 2.10. The molecule has 1 radical (unpaired) electrons. The zero-order chi connectivity index (χ0) is 7.40. The van der Waals surface area contributed by atoms with Gasteiger partial charge in [0.15, 0.2) is 0 Å². The van der Waals surface area contributed by atoms with E-state index < -0.39 is 0 Å². The summed E-state index contributed by atoms with van der Waals surface area (Å²) < 4.78 is 0. The maximum Gasteiger partial charge on any atom is 0 e. The fourth-order valence-electron chi connectivity index (χ4n) is 0.940. The van der Waals surface area contributed by atoms with Gasteiger partial charge in [-0.3, -0.25) is 0 Å². The van der Waals surface area contributed by atoms with Crippen molar-refractivity contribution in [2.75, 3.05) is 7.05 Å². The normalized spacial score (nSPS) is 8.55. The van der Waals surface area contributed by atoms with Crippen LogP contribution in [0.5, 0.6) is 0 Å². The van der Waals surface area contributed by atoms with E-state index in [0.29, 0.717) is 0 Å². The first-order chi connectivity index (χ1) is 4.88. The van der Waals surface area contributed by atoms with Crippen LogP contribution in [-0.4, -0.2) is 7.05 Å². The standard InChI is InChI=1S/C9H11N.Y/c1-3-8-6-4-5-7-9(8)10-2;/h4-7H,1,3H2,2H3;/q-2;. The molecule has 1 aromatic carbocycles. The Hall–Kier alpha value is 0.124. The Labute approximate surface area is 93.5 Å². The summed E-state index contributed by atoms with van der Waals surface area (Å²) in [4.78, 5) is 0. The van der Waals surface area contributed by atoms with E-state index in [9.17, 15) is 0 Å². The molecule has 0 aliphatic heterocycles. The van der Waals surface area contributed by atoms with Gasteiger partial charge in [0, 0.05) is 32.7 Å². The van der Waals surface area contributed by atoms with Gasteiger partial charge in [0.25, 0.3) is 0 Å². The third-order valence-corrected chi connectivity index (χ3v) is 1.50. The van der Waals surface area contributed by atoms with Crippen molar-refractivity contribution in [3.05, 3.63) is 42.1 Å². The fraction of sp³-hybridized carbons (Fsp3) is 0.222. The van der Waals surface area contributed by atoms with Gasteiger partial charge in [-0.05, 0) is 0 Å². The van der Waals surface area contributed by atoms with E-state index in [2.05, 4.69) is 18.3 Å². The summed E-state index contributed by atoms with van der Waals surface area (Å²) in [5, 5.41) is 4.10. The van der Waals surface area contributed by atoms with Crippen LogP contribution in [0.3, 0.4) is 0 Å². The zero-order valence-electron chi connectivity index (χ0n) is 6.75. The Morgan fingerprint density at radius 2 is 2.00 bits per heavy atom. The predicted octanol–water partition coefficient (Wildman–Crippen LogP) is 2.70. The van der Waals surface area contributed by atoms with Gasteiger partial charge in [-0.25, -0.2) is 0 Å². The van der Waals surface area contributed by atoms with Crippen LogP contribution < -0.4 is 0 Å². The van der Waals surface area contributed by atoms with Crippen LogP contribution in [0.25, 0.3) is 5.32 Å². The van der Waals surface area contributed by atoms with Crippen LogP contribution in [0.2, 0.25) is 0 Å². The van der Waals surface area contributed by atoms with Crippen molar-refractivity contribution in [3.63, 3.8) is 0 Å². The summed E-state index contributed by atoms with van der Waals surface area (Å²) in [7, 11) is 1.80. The molecule has 0 saturated heterocycles. The van der Waals surface area contributed by atoms with E-state index in [-0.39, 0.29) is 32.7 Å². The minimum Gasteiger partial charge on any atom is -0.687 e. The van der Waals surface area contributed by atoms with Crippen LogP contribution in [0, 0.1) is 6.92 Å². The molecule has 0 unspecified atom stereocenters. The summed E-state index contributed by atoms with van der Waals surface area (Å²) in [5.74, 6) is 0. The van der Waals surface area contributed by atoms with Crippen LogP contribution in [-0.2, 0) is 39.1 Å². The largest absolute Gasteiger partial charge is 0.687 e. The first kappa shape index (κ1) is 11.1. The number of rotatable bonds is 2. The van der Waals surface area contributed by atoms with Gasteiger partial charge in [0.05, 0.1) is 0 Å². The molecule has 0 atom stereocenters. The Balaban J connectivity index is 0.000001000. The molecule has 0 N–H and O–H groups in total. The summed E-state index contributed by atoms with van der Waals surface area (Å²) in [5.41, 5.74) is 2.27. The van der Waals surface area contributed by atoms with E-state index >= 15 is 0 Å². The molecule has 1 nitrogen and oxygen atoms in total. The summed E-state index contributed by atoms with van der Waals surface area (Å²) >= 11 is 0. The molecular weight excluding hydrogens is 211 g/mol. The smallest absolute Gasteiger partial charge is 0 e. The average Bonchev–Trinajstić information content (AvgIpc) is 2.04. The molecule has 0 aliphatic carbocycles. The molecule has 0 amide bonds. The van der Waals surface area contributed by atoms with Gasteiger partial charge >= 0.3 is 0 Å². The monoisotopic (exact) mass is 222 g/mol. The topological polar surface area (TPSA) is 14.1 Å². The van der Waals surface area contributed by atoms with Crippen molar-refractivity contribution < 1.29 is 32.7 Å².